The third kappa shape index (κ3) is 1.43. The number of rotatable bonds is 3. The molecule has 0 saturated carbocycles. The van der Waals surface area contributed by atoms with Gasteiger partial charge in [0.05, 0.1) is 6.61 Å². The molecule has 1 aliphatic rings. The third-order valence-electron chi connectivity index (χ3n) is 3.27. The van der Waals surface area contributed by atoms with Crippen molar-refractivity contribution in [1.82, 2.24) is 0 Å². The van der Waals surface area contributed by atoms with Gasteiger partial charge in [-0.1, -0.05) is 30.3 Å². The highest BCUT2D eigenvalue weighted by Crippen LogP contribution is 2.55. The average molecular weight is 220 g/mol. The van der Waals surface area contributed by atoms with Gasteiger partial charge in [0.25, 0.3) is 0 Å². The van der Waals surface area contributed by atoms with Crippen LogP contribution in [0.4, 0.5) is 0 Å². The maximum absolute atomic E-state index is 11.8. The highest BCUT2D eigenvalue weighted by Gasteiger charge is 2.70. The van der Waals surface area contributed by atoms with Crippen LogP contribution in [0, 0.1) is 0 Å². The molecule has 16 heavy (non-hydrogen) atoms. The van der Waals surface area contributed by atoms with Crippen molar-refractivity contribution in [3.05, 3.63) is 35.9 Å². The lowest BCUT2D eigenvalue weighted by atomic mass is 9.89. The molecular formula is C13H16O3. The minimum Gasteiger partial charge on any atom is -0.464 e. The zero-order chi connectivity index (χ0) is 11.8. The van der Waals surface area contributed by atoms with Crippen LogP contribution >= 0.6 is 0 Å². The maximum atomic E-state index is 11.8. The molecule has 2 rings (SSSR count). The van der Waals surface area contributed by atoms with E-state index in [1.54, 1.807) is 13.8 Å². The van der Waals surface area contributed by atoms with E-state index in [9.17, 15) is 4.79 Å². The van der Waals surface area contributed by atoms with E-state index < -0.39 is 11.2 Å². The monoisotopic (exact) mass is 220 g/mol. The minimum atomic E-state index is -0.843. The number of ether oxygens (including phenoxy) is 2. The number of hydrogen-bond acceptors (Lipinski definition) is 3. The Morgan fingerprint density at radius 2 is 1.94 bits per heavy atom. The smallest absolute Gasteiger partial charge is 0.341 e. The Morgan fingerprint density at radius 1 is 1.31 bits per heavy atom. The summed E-state index contributed by atoms with van der Waals surface area (Å²) in [7, 11) is 0. The Labute approximate surface area is 95.4 Å². The predicted molar refractivity (Wildman–Crippen MR) is 59.9 cm³/mol. The number of epoxide rings is 1. The van der Waals surface area contributed by atoms with Gasteiger partial charge in [-0.25, -0.2) is 4.79 Å². The maximum Gasteiger partial charge on any atom is 0.341 e. The summed E-state index contributed by atoms with van der Waals surface area (Å²) in [5, 5.41) is 0. The fourth-order valence-electron chi connectivity index (χ4n) is 1.98. The molecule has 2 atom stereocenters. The molecule has 1 heterocycles. The lowest BCUT2D eigenvalue weighted by Crippen LogP contribution is -2.30. The third-order valence-corrected chi connectivity index (χ3v) is 3.27. The molecule has 1 saturated heterocycles. The lowest BCUT2D eigenvalue weighted by Gasteiger charge is -2.11. The molecule has 86 valence electrons. The first kappa shape index (κ1) is 11.1. The molecule has 0 spiro atoms. The van der Waals surface area contributed by atoms with E-state index in [-0.39, 0.29) is 5.97 Å². The van der Waals surface area contributed by atoms with Crippen LogP contribution in [0.2, 0.25) is 0 Å². The van der Waals surface area contributed by atoms with Gasteiger partial charge in [0.1, 0.15) is 5.60 Å². The van der Waals surface area contributed by atoms with Crippen LogP contribution in [0.25, 0.3) is 0 Å². The summed E-state index contributed by atoms with van der Waals surface area (Å²) in [5.41, 5.74) is -0.393. The summed E-state index contributed by atoms with van der Waals surface area (Å²) in [5.74, 6) is -0.290. The number of esters is 1. The van der Waals surface area contributed by atoms with Crippen molar-refractivity contribution in [3.63, 3.8) is 0 Å². The summed E-state index contributed by atoms with van der Waals surface area (Å²) >= 11 is 0. The first-order valence-electron chi connectivity index (χ1n) is 5.47. The van der Waals surface area contributed by atoms with Crippen LogP contribution in [-0.2, 0) is 19.9 Å². The van der Waals surface area contributed by atoms with Crippen LogP contribution in [0.3, 0.4) is 0 Å². The molecule has 0 amide bonds. The van der Waals surface area contributed by atoms with Crippen molar-refractivity contribution >= 4 is 5.97 Å². The van der Waals surface area contributed by atoms with Gasteiger partial charge in [-0.2, -0.15) is 0 Å². The number of carbonyl (C=O) groups is 1. The molecule has 1 aliphatic heterocycles. The summed E-state index contributed by atoms with van der Waals surface area (Å²) in [4.78, 5) is 11.8. The second-order valence-corrected chi connectivity index (χ2v) is 4.26. The van der Waals surface area contributed by atoms with Crippen LogP contribution in [0.1, 0.15) is 26.3 Å². The molecule has 1 aromatic carbocycles. The number of hydrogen-bond donors (Lipinski definition) is 0. The van der Waals surface area contributed by atoms with Crippen molar-refractivity contribution in [2.45, 2.75) is 32.0 Å². The van der Waals surface area contributed by atoms with E-state index in [0.717, 1.165) is 5.56 Å². The zero-order valence-electron chi connectivity index (χ0n) is 9.82. The topological polar surface area (TPSA) is 38.8 Å². The number of carbonyl (C=O) groups excluding carboxylic acids is 1. The quantitative estimate of drug-likeness (QED) is 0.579. The Hall–Kier alpha value is -1.35. The van der Waals surface area contributed by atoms with Crippen molar-refractivity contribution in [2.24, 2.45) is 0 Å². The normalized spacial score (nSPS) is 32.2. The Bertz CT molecular complexity index is 401. The largest absolute Gasteiger partial charge is 0.464 e. The van der Waals surface area contributed by atoms with E-state index >= 15 is 0 Å². The van der Waals surface area contributed by atoms with Gasteiger partial charge >= 0.3 is 5.97 Å². The Kier molecular flexibility index (Phi) is 2.50. The molecule has 0 aromatic heterocycles. The van der Waals surface area contributed by atoms with E-state index in [0.29, 0.717) is 6.61 Å². The molecule has 0 unspecified atom stereocenters. The molecule has 1 fully saturated rings. The van der Waals surface area contributed by atoms with Gasteiger partial charge in [0.2, 0.25) is 0 Å². The van der Waals surface area contributed by atoms with Crippen molar-refractivity contribution in [2.75, 3.05) is 6.61 Å². The second-order valence-electron chi connectivity index (χ2n) is 4.26. The highest BCUT2D eigenvalue weighted by molar-refractivity contribution is 5.84. The lowest BCUT2D eigenvalue weighted by molar-refractivity contribution is -0.148. The second kappa shape index (κ2) is 3.59. The Balaban J connectivity index is 2.23. The molecule has 1 aromatic rings. The van der Waals surface area contributed by atoms with E-state index in [2.05, 4.69) is 0 Å². The summed E-state index contributed by atoms with van der Waals surface area (Å²) < 4.78 is 10.6. The van der Waals surface area contributed by atoms with E-state index in [1.165, 1.54) is 0 Å². The molecule has 0 N–H and O–H groups in total. The summed E-state index contributed by atoms with van der Waals surface area (Å²) in [6.45, 7) is 5.86. The van der Waals surface area contributed by atoms with Crippen LogP contribution in [0.5, 0.6) is 0 Å². The first-order chi connectivity index (χ1) is 7.54. The number of benzene rings is 1. The first-order valence-corrected chi connectivity index (χ1v) is 5.47. The minimum absolute atomic E-state index is 0.290. The molecule has 0 bridgehead atoms. The predicted octanol–water partition coefficient (Wildman–Crippen LogP) is 2.25. The van der Waals surface area contributed by atoms with Crippen molar-refractivity contribution in [3.8, 4) is 0 Å². The van der Waals surface area contributed by atoms with Gasteiger partial charge in [-0.3, -0.25) is 0 Å². The molecule has 3 heteroatoms. The zero-order valence-corrected chi connectivity index (χ0v) is 9.82. The summed E-state index contributed by atoms with van der Waals surface area (Å²) in [6, 6.07) is 9.74. The van der Waals surface area contributed by atoms with Crippen LogP contribution in [0.15, 0.2) is 30.3 Å². The highest BCUT2D eigenvalue weighted by atomic mass is 16.7. The van der Waals surface area contributed by atoms with Crippen LogP contribution < -0.4 is 0 Å². The fourth-order valence-corrected chi connectivity index (χ4v) is 1.98. The van der Waals surface area contributed by atoms with Gasteiger partial charge in [-0.05, 0) is 26.3 Å². The average Bonchev–Trinajstić information content (AvgIpc) is 2.87. The van der Waals surface area contributed by atoms with Crippen molar-refractivity contribution in [1.29, 1.82) is 0 Å². The molecule has 0 radical (unpaired) electrons. The Morgan fingerprint density at radius 3 is 2.50 bits per heavy atom. The molecule has 0 aliphatic carbocycles. The van der Waals surface area contributed by atoms with Gasteiger partial charge < -0.3 is 9.47 Å². The van der Waals surface area contributed by atoms with Gasteiger partial charge in [-0.15, -0.1) is 0 Å². The SMILES string of the molecule is CCOC(=O)[C@]1(C)O[C@]1(C)c1ccccc1. The van der Waals surface area contributed by atoms with Crippen molar-refractivity contribution < 1.29 is 14.3 Å². The van der Waals surface area contributed by atoms with Crippen LogP contribution in [-0.4, -0.2) is 18.2 Å². The van der Waals surface area contributed by atoms with Gasteiger partial charge in [0.15, 0.2) is 5.60 Å². The summed E-state index contributed by atoms with van der Waals surface area (Å²) in [6.07, 6.45) is 0. The standard InChI is InChI=1S/C13H16O3/c1-4-15-11(14)13(3)12(2,16-13)10-8-6-5-7-9-10/h5-9H,4H2,1-3H3/t12-,13+/m1/s1. The van der Waals surface area contributed by atoms with E-state index in [4.69, 9.17) is 9.47 Å². The molecule has 3 nitrogen and oxygen atoms in total. The van der Waals surface area contributed by atoms with Gasteiger partial charge in [0, 0.05) is 0 Å². The van der Waals surface area contributed by atoms with E-state index in [1.807, 2.05) is 37.3 Å². The fraction of sp³-hybridized carbons (Fsp3) is 0.462. The molecular weight excluding hydrogens is 204 g/mol.